The minimum absolute atomic E-state index is 0.223. The summed E-state index contributed by atoms with van der Waals surface area (Å²) in [6, 6.07) is 20.2. The van der Waals surface area contributed by atoms with Crippen LogP contribution in [0.15, 0.2) is 66.7 Å². The van der Waals surface area contributed by atoms with Gasteiger partial charge in [-0.2, -0.15) is 0 Å². The Labute approximate surface area is 196 Å². The van der Waals surface area contributed by atoms with Crippen molar-refractivity contribution in [3.8, 4) is 5.75 Å². The molecule has 0 aliphatic heterocycles. The average Bonchev–Trinajstić information content (AvgIpc) is 2.78. The van der Waals surface area contributed by atoms with Crippen LogP contribution in [0.1, 0.15) is 32.6 Å². The maximum atomic E-state index is 12.5. The fraction of sp³-hybridized carbons (Fsp3) is 0.269. The van der Waals surface area contributed by atoms with Crippen molar-refractivity contribution in [3.63, 3.8) is 0 Å². The quantitative estimate of drug-likeness (QED) is 0.475. The smallest absolute Gasteiger partial charge is 0.251 e. The monoisotopic (exact) mass is 466 g/mol. The Balaban J connectivity index is 1.60. The van der Waals surface area contributed by atoms with Crippen LogP contribution in [0.3, 0.4) is 0 Å². The molecule has 0 saturated heterocycles. The van der Waals surface area contributed by atoms with Crippen molar-refractivity contribution in [2.45, 2.75) is 27.3 Å². The summed E-state index contributed by atoms with van der Waals surface area (Å²) in [4.78, 5) is 12.5. The highest BCUT2D eigenvalue weighted by molar-refractivity contribution is 7.92. The molecule has 0 radical (unpaired) electrons. The number of benzene rings is 3. The summed E-state index contributed by atoms with van der Waals surface area (Å²) in [7, 11) is -3.49. The van der Waals surface area contributed by atoms with E-state index >= 15 is 0 Å². The maximum Gasteiger partial charge on any atom is 0.251 e. The van der Waals surface area contributed by atoms with Crippen molar-refractivity contribution >= 4 is 21.6 Å². The van der Waals surface area contributed by atoms with Gasteiger partial charge in [-0.05, 0) is 67.8 Å². The molecule has 1 N–H and O–H groups in total. The van der Waals surface area contributed by atoms with E-state index in [-0.39, 0.29) is 12.5 Å². The van der Waals surface area contributed by atoms with Gasteiger partial charge in [-0.25, -0.2) is 8.42 Å². The van der Waals surface area contributed by atoms with Crippen molar-refractivity contribution in [3.05, 3.63) is 94.5 Å². The van der Waals surface area contributed by atoms with E-state index in [4.69, 9.17) is 4.74 Å². The number of hydrogen-bond donors (Lipinski definition) is 1. The zero-order valence-electron chi connectivity index (χ0n) is 19.5. The third kappa shape index (κ3) is 6.58. The molecule has 3 rings (SSSR count). The van der Waals surface area contributed by atoms with Gasteiger partial charge in [-0.3, -0.25) is 9.10 Å². The van der Waals surface area contributed by atoms with Crippen LogP contribution in [-0.2, 0) is 16.6 Å². The Morgan fingerprint density at radius 2 is 1.61 bits per heavy atom. The molecule has 7 heteroatoms. The lowest BCUT2D eigenvalue weighted by Gasteiger charge is -2.23. The van der Waals surface area contributed by atoms with Crippen LogP contribution in [0.25, 0.3) is 0 Å². The van der Waals surface area contributed by atoms with Crippen LogP contribution >= 0.6 is 0 Å². The summed E-state index contributed by atoms with van der Waals surface area (Å²) < 4.78 is 31.9. The molecule has 0 unspecified atom stereocenters. The second-order valence-corrected chi connectivity index (χ2v) is 10.0. The van der Waals surface area contributed by atoms with Crippen LogP contribution in [0, 0.1) is 20.8 Å². The Kier molecular flexibility index (Phi) is 7.76. The van der Waals surface area contributed by atoms with Gasteiger partial charge >= 0.3 is 0 Å². The zero-order valence-corrected chi connectivity index (χ0v) is 20.3. The van der Waals surface area contributed by atoms with E-state index in [0.29, 0.717) is 24.4 Å². The first-order valence-corrected chi connectivity index (χ1v) is 12.6. The number of anilines is 1. The van der Waals surface area contributed by atoms with Crippen molar-refractivity contribution in [2.75, 3.05) is 23.7 Å². The normalized spacial score (nSPS) is 11.2. The molecule has 0 fully saturated rings. The summed E-state index contributed by atoms with van der Waals surface area (Å²) in [6.07, 6.45) is 1.18. The van der Waals surface area contributed by atoms with E-state index in [1.54, 1.807) is 24.3 Å². The number of nitrogens with zero attached hydrogens (tertiary/aromatic N) is 1. The molecule has 174 valence electrons. The molecule has 0 aliphatic rings. The number of carbonyl (C=O) groups excluding carboxylic acids is 1. The Morgan fingerprint density at radius 3 is 2.24 bits per heavy atom. The number of nitrogens with one attached hydrogen (secondary N) is 1. The highest BCUT2D eigenvalue weighted by Crippen LogP contribution is 2.22. The Bertz CT molecular complexity index is 1200. The van der Waals surface area contributed by atoms with Gasteiger partial charge in [0, 0.05) is 5.56 Å². The van der Waals surface area contributed by atoms with Gasteiger partial charge in [0.25, 0.3) is 5.91 Å². The van der Waals surface area contributed by atoms with Crippen LogP contribution in [0.5, 0.6) is 5.75 Å². The molecular weight excluding hydrogens is 436 g/mol. The van der Waals surface area contributed by atoms with E-state index in [1.807, 2.05) is 63.2 Å². The minimum Gasteiger partial charge on any atom is -0.491 e. The molecule has 6 nitrogen and oxygen atoms in total. The third-order valence-electron chi connectivity index (χ3n) is 5.46. The van der Waals surface area contributed by atoms with Gasteiger partial charge in [0.1, 0.15) is 12.4 Å². The molecule has 0 aromatic heterocycles. The van der Waals surface area contributed by atoms with Crippen molar-refractivity contribution < 1.29 is 17.9 Å². The van der Waals surface area contributed by atoms with E-state index in [9.17, 15) is 13.2 Å². The number of rotatable bonds is 9. The van der Waals surface area contributed by atoms with Crippen LogP contribution in [0.2, 0.25) is 0 Å². The van der Waals surface area contributed by atoms with Crippen molar-refractivity contribution in [2.24, 2.45) is 0 Å². The SMILES string of the molecule is Cc1ccc(CN(c2ccc(C(=O)NCCOc3cccc(C)c3C)cc2)S(C)(=O)=O)cc1. The number of hydrogen-bond acceptors (Lipinski definition) is 4. The molecule has 0 atom stereocenters. The van der Waals surface area contributed by atoms with Gasteiger partial charge in [0.15, 0.2) is 0 Å². The number of sulfonamides is 1. The van der Waals surface area contributed by atoms with E-state index in [2.05, 4.69) is 5.32 Å². The van der Waals surface area contributed by atoms with Crippen LogP contribution in [0.4, 0.5) is 5.69 Å². The van der Waals surface area contributed by atoms with Crippen LogP contribution in [-0.4, -0.2) is 33.7 Å². The summed E-state index contributed by atoms with van der Waals surface area (Å²) in [5.41, 5.74) is 5.20. The molecule has 33 heavy (non-hydrogen) atoms. The fourth-order valence-corrected chi connectivity index (χ4v) is 4.23. The van der Waals surface area contributed by atoms with Gasteiger partial charge in [-0.1, -0.05) is 42.0 Å². The van der Waals surface area contributed by atoms with Crippen LogP contribution < -0.4 is 14.4 Å². The minimum atomic E-state index is -3.49. The van der Waals surface area contributed by atoms with Crippen molar-refractivity contribution in [1.29, 1.82) is 0 Å². The molecule has 3 aromatic carbocycles. The maximum absolute atomic E-state index is 12.5. The summed E-state index contributed by atoms with van der Waals surface area (Å²) in [5, 5.41) is 2.83. The lowest BCUT2D eigenvalue weighted by Crippen LogP contribution is -2.30. The lowest BCUT2D eigenvalue weighted by atomic mass is 10.1. The average molecular weight is 467 g/mol. The van der Waals surface area contributed by atoms with Gasteiger partial charge < -0.3 is 10.1 Å². The highest BCUT2D eigenvalue weighted by atomic mass is 32.2. The van der Waals surface area contributed by atoms with Gasteiger partial charge in [0.2, 0.25) is 10.0 Å². The largest absolute Gasteiger partial charge is 0.491 e. The summed E-state index contributed by atoms with van der Waals surface area (Å²) in [6.45, 7) is 6.95. The fourth-order valence-electron chi connectivity index (χ4n) is 3.35. The predicted molar refractivity (Wildman–Crippen MR) is 132 cm³/mol. The molecule has 0 spiro atoms. The van der Waals surface area contributed by atoms with E-state index < -0.39 is 10.0 Å². The first-order valence-electron chi connectivity index (χ1n) is 10.8. The number of aryl methyl sites for hydroxylation is 2. The topological polar surface area (TPSA) is 75.7 Å². The molecule has 0 heterocycles. The van der Waals surface area contributed by atoms with E-state index in [1.165, 1.54) is 10.6 Å². The van der Waals surface area contributed by atoms with Gasteiger partial charge in [-0.15, -0.1) is 0 Å². The summed E-state index contributed by atoms with van der Waals surface area (Å²) in [5.74, 6) is 0.568. The predicted octanol–water partition coefficient (Wildman–Crippen LogP) is 4.39. The molecule has 3 aromatic rings. The molecule has 0 bridgehead atoms. The van der Waals surface area contributed by atoms with Gasteiger partial charge in [0.05, 0.1) is 25.0 Å². The molecule has 1 amide bonds. The van der Waals surface area contributed by atoms with E-state index in [0.717, 1.165) is 28.0 Å². The van der Waals surface area contributed by atoms with Crippen molar-refractivity contribution in [1.82, 2.24) is 5.32 Å². The molecule has 0 saturated carbocycles. The summed E-state index contributed by atoms with van der Waals surface area (Å²) >= 11 is 0. The molecule has 0 aliphatic carbocycles. The Hall–Kier alpha value is -3.32. The lowest BCUT2D eigenvalue weighted by molar-refractivity contribution is 0.0947. The molecular formula is C26H30N2O4S. The number of carbonyl (C=O) groups is 1. The zero-order chi connectivity index (χ0) is 24.0. The second-order valence-electron chi connectivity index (χ2n) is 8.10. The second kappa shape index (κ2) is 10.5. The Morgan fingerprint density at radius 1 is 0.939 bits per heavy atom. The number of ether oxygens (including phenoxy) is 1. The first kappa shape index (κ1) is 24.3. The standard InChI is InChI=1S/C26H30N2O4S/c1-19-8-10-22(11-9-19)18-28(33(4,30)31)24-14-12-23(13-15-24)26(29)27-16-17-32-25-7-5-6-20(2)21(25)3/h5-15H,16-18H2,1-4H3,(H,27,29). The third-order valence-corrected chi connectivity index (χ3v) is 6.61. The highest BCUT2D eigenvalue weighted by Gasteiger charge is 2.18. The first-order chi connectivity index (χ1) is 15.6. The number of amides is 1.